The van der Waals surface area contributed by atoms with Crippen LogP contribution in [0.2, 0.25) is 0 Å². The molecule has 2 aromatic rings. The smallest absolute Gasteiger partial charge is 0.422 e. The van der Waals surface area contributed by atoms with Crippen molar-refractivity contribution in [1.29, 1.82) is 0 Å². The van der Waals surface area contributed by atoms with E-state index in [0.717, 1.165) is 0 Å². The lowest BCUT2D eigenvalue weighted by atomic mass is 10.1. The molecule has 0 saturated heterocycles. The van der Waals surface area contributed by atoms with Gasteiger partial charge in [-0.3, -0.25) is 0 Å². The Hall–Kier alpha value is -2.71. The average molecular weight is 298 g/mol. The van der Waals surface area contributed by atoms with Gasteiger partial charge in [0.15, 0.2) is 11.5 Å². The van der Waals surface area contributed by atoms with Crippen LogP contribution in [0.3, 0.4) is 0 Å². The molecule has 0 saturated carbocycles. The molecule has 0 bridgehead atoms. The van der Waals surface area contributed by atoms with Crippen molar-refractivity contribution in [2.24, 2.45) is 0 Å². The lowest BCUT2D eigenvalue weighted by Gasteiger charge is -2.14. The SMILES string of the molecule is Nc1nc(N)c(C(F)(F)F)c(-c2ccc3c(c2)OCO3)n1. The summed E-state index contributed by atoms with van der Waals surface area (Å²) < 4.78 is 49.7. The number of nitrogens with two attached hydrogens (primary N) is 2. The number of alkyl halides is 3. The Balaban J connectivity index is 2.22. The van der Waals surface area contributed by atoms with Gasteiger partial charge in [-0.25, -0.2) is 4.98 Å². The maximum absolute atomic E-state index is 13.1. The lowest BCUT2D eigenvalue weighted by molar-refractivity contribution is -0.136. The molecule has 0 amide bonds. The van der Waals surface area contributed by atoms with Crippen LogP contribution in [-0.4, -0.2) is 16.8 Å². The van der Waals surface area contributed by atoms with Crippen molar-refractivity contribution in [1.82, 2.24) is 9.97 Å². The Morgan fingerprint density at radius 1 is 1.05 bits per heavy atom. The van der Waals surface area contributed by atoms with Gasteiger partial charge in [0.05, 0.1) is 5.69 Å². The van der Waals surface area contributed by atoms with Gasteiger partial charge in [-0.05, 0) is 18.2 Å². The van der Waals surface area contributed by atoms with Crippen molar-refractivity contribution in [2.45, 2.75) is 6.18 Å². The topological polar surface area (TPSA) is 96.3 Å². The van der Waals surface area contributed by atoms with E-state index in [0.29, 0.717) is 11.5 Å². The molecule has 0 spiro atoms. The summed E-state index contributed by atoms with van der Waals surface area (Å²) in [6, 6.07) is 4.30. The first-order chi connectivity index (χ1) is 9.86. The minimum absolute atomic E-state index is 0.0129. The largest absolute Gasteiger partial charge is 0.454 e. The predicted molar refractivity (Wildman–Crippen MR) is 67.4 cm³/mol. The second-order valence-electron chi connectivity index (χ2n) is 4.26. The van der Waals surface area contributed by atoms with Crippen molar-refractivity contribution in [3.63, 3.8) is 0 Å². The van der Waals surface area contributed by atoms with E-state index in [1.807, 2.05) is 0 Å². The molecule has 2 heterocycles. The number of hydrogen-bond acceptors (Lipinski definition) is 6. The summed E-state index contributed by atoms with van der Waals surface area (Å²) in [6.45, 7) is 0.0129. The molecular weight excluding hydrogens is 289 g/mol. The normalized spacial score (nSPS) is 13.5. The van der Waals surface area contributed by atoms with E-state index in [2.05, 4.69) is 9.97 Å². The Kier molecular flexibility index (Phi) is 2.78. The third-order valence-electron chi connectivity index (χ3n) is 2.88. The molecule has 110 valence electrons. The first-order valence-corrected chi connectivity index (χ1v) is 5.76. The minimum atomic E-state index is -4.70. The van der Waals surface area contributed by atoms with E-state index in [1.54, 1.807) is 0 Å². The van der Waals surface area contributed by atoms with Gasteiger partial charge < -0.3 is 20.9 Å². The van der Waals surface area contributed by atoms with E-state index >= 15 is 0 Å². The number of nitrogen functional groups attached to an aromatic ring is 2. The third-order valence-corrected chi connectivity index (χ3v) is 2.88. The van der Waals surface area contributed by atoms with Crippen molar-refractivity contribution >= 4 is 11.8 Å². The van der Waals surface area contributed by atoms with Gasteiger partial charge in [0.2, 0.25) is 12.7 Å². The molecule has 1 aliphatic rings. The fourth-order valence-corrected chi connectivity index (χ4v) is 2.03. The highest BCUT2D eigenvalue weighted by Crippen LogP contribution is 2.42. The summed E-state index contributed by atoms with van der Waals surface area (Å²) in [5.74, 6) is -0.283. The molecule has 0 fully saturated rings. The Bertz CT molecular complexity index is 718. The highest BCUT2D eigenvalue weighted by atomic mass is 19.4. The number of anilines is 2. The molecule has 1 aromatic carbocycles. The van der Waals surface area contributed by atoms with E-state index in [-0.39, 0.29) is 18.3 Å². The fraction of sp³-hybridized carbons (Fsp3) is 0.167. The number of hydrogen-bond donors (Lipinski definition) is 2. The van der Waals surface area contributed by atoms with Crippen LogP contribution in [0, 0.1) is 0 Å². The number of aromatic nitrogens is 2. The lowest BCUT2D eigenvalue weighted by Crippen LogP contribution is -2.15. The Labute approximate surface area is 116 Å². The molecule has 0 radical (unpaired) electrons. The van der Waals surface area contributed by atoms with Crippen LogP contribution in [0.4, 0.5) is 24.9 Å². The molecule has 6 nitrogen and oxygen atoms in total. The summed E-state index contributed by atoms with van der Waals surface area (Å²) in [5.41, 5.74) is 9.38. The summed E-state index contributed by atoms with van der Waals surface area (Å²) >= 11 is 0. The number of ether oxygens (including phenoxy) is 2. The van der Waals surface area contributed by atoms with Crippen LogP contribution in [0.25, 0.3) is 11.3 Å². The monoisotopic (exact) mass is 298 g/mol. The van der Waals surface area contributed by atoms with Crippen LogP contribution >= 0.6 is 0 Å². The van der Waals surface area contributed by atoms with Crippen molar-refractivity contribution < 1.29 is 22.6 Å². The van der Waals surface area contributed by atoms with E-state index < -0.39 is 23.3 Å². The number of fused-ring (bicyclic) bond motifs is 1. The van der Waals surface area contributed by atoms with Crippen LogP contribution in [-0.2, 0) is 6.18 Å². The highest BCUT2D eigenvalue weighted by molar-refractivity contribution is 5.72. The molecule has 0 unspecified atom stereocenters. The van der Waals surface area contributed by atoms with Crippen molar-refractivity contribution in [3.8, 4) is 22.8 Å². The minimum Gasteiger partial charge on any atom is -0.454 e. The molecule has 0 aliphatic carbocycles. The first-order valence-electron chi connectivity index (χ1n) is 5.76. The number of halogens is 3. The van der Waals surface area contributed by atoms with Crippen molar-refractivity contribution in [2.75, 3.05) is 18.3 Å². The van der Waals surface area contributed by atoms with Gasteiger partial charge in [-0.15, -0.1) is 0 Å². The van der Waals surface area contributed by atoms with Gasteiger partial charge in [0.1, 0.15) is 11.4 Å². The fourth-order valence-electron chi connectivity index (χ4n) is 2.03. The molecule has 3 rings (SSSR count). The highest BCUT2D eigenvalue weighted by Gasteiger charge is 2.38. The molecular formula is C12H9F3N4O2. The van der Waals surface area contributed by atoms with E-state index in [9.17, 15) is 13.2 Å². The molecule has 21 heavy (non-hydrogen) atoms. The van der Waals surface area contributed by atoms with E-state index in [4.69, 9.17) is 20.9 Å². The summed E-state index contributed by atoms with van der Waals surface area (Å²) in [5, 5.41) is 0. The molecule has 1 aromatic heterocycles. The number of rotatable bonds is 1. The third kappa shape index (κ3) is 2.26. The molecule has 4 N–H and O–H groups in total. The molecule has 1 aliphatic heterocycles. The zero-order valence-electron chi connectivity index (χ0n) is 10.4. The zero-order chi connectivity index (χ0) is 15.2. The zero-order valence-corrected chi connectivity index (χ0v) is 10.4. The Morgan fingerprint density at radius 3 is 2.48 bits per heavy atom. The number of nitrogens with zero attached hydrogens (tertiary/aromatic N) is 2. The van der Waals surface area contributed by atoms with Crippen LogP contribution in [0.15, 0.2) is 18.2 Å². The number of benzene rings is 1. The predicted octanol–water partition coefficient (Wildman–Crippen LogP) is 2.06. The second-order valence-corrected chi connectivity index (χ2v) is 4.26. The van der Waals surface area contributed by atoms with Gasteiger partial charge in [-0.1, -0.05) is 0 Å². The maximum atomic E-state index is 13.1. The quantitative estimate of drug-likeness (QED) is 0.836. The van der Waals surface area contributed by atoms with Gasteiger partial charge in [-0.2, -0.15) is 18.2 Å². The standard InChI is InChI=1S/C12H9F3N4O2/c13-12(14,15)8-9(18-11(17)19-10(8)16)5-1-2-6-7(3-5)21-4-20-6/h1-3H,4H2,(H4,16,17,18,19). The first kappa shape index (κ1) is 13.3. The summed E-state index contributed by atoms with van der Waals surface area (Å²) in [6.07, 6.45) is -4.70. The maximum Gasteiger partial charge on any atom is 0.422 e. The van der Waals surface area contributed by atoms with Crippen molar-refractivity contribution in [3.05, 3.63) is 23.8 Å². The Morgan fingerprint density at radius 2 is 1.76 bits per heavy atom. The van der Waals surface area contributed by atoms with Gasteiger partial charge in [0, 0.05) is 5.56 Å². The summed E-state index contributed by atoms with van der Waals surface area (Å²) in [7, 11) is 0. The van der Waals surface area contributed by atoms with E-state index in [1.165, 1.54) is 18.2 Å². The average Bonchev–Trinajstić information content (AvgIpc) is 2.82. The van der Waals surface area contributed by atoms with Gasteiger partial charge in [0.25, 0.3) is 0 Å². The molecule has 9 heteroatoms. The van der Waals surface area contributed by atoms with Crippen LogP contribution in [0.1, 0.15) is 5.56 Å². The molecule has 0 atom stereocenters. The van der Waals surface area contributed by atoms with Crippen LogP contribution < -0.4 is 20.9 Å². The van der Waals surface area contributed by atoms with Gasteiger partial charge >= 0.3 is 6.18 Å². The second kappa shape index (κ2) is 4.40. The summed E-state index contributed by atoms with van der Waals surface area (Å²) in [4.78, 5) is 7.03. The van der Waals surface area contributed by atoms with Crippen LogP contribution in [0.5, 0.6) is 11.5 Å².